The molecule has 0 bridgehead atoms. The molecule has 0 amide bonds. The first-order valence-corrected chi connectivity index (χ1v) is 8.79. The van der Waals surface area contributed by atoms with E-state index in [1.165, 1.54) is 10.6 Å². The first-order valence-electron chi connectivity index (χ1n) is 6.56. The molecule has 1 unspecified atom stereocenters. The maximum absolute atomic E-state index is 11.5. The fourth-order valence-electron chi connectivity index (χ4n) is 2.53. The van der Waals surface area contributed by atoms with Crippen molar-refractivity contribution in [3.63, 3.8) is 0 Å². The van der Waals surface area contributed by atoms with Gasteiger partial charge in [0.1, 0.15) is 0 Å². The third kappa shape index (κ3) is 3.71. The summed E-state index contributed by atoms with van der Waals surface area (Å²) in [5.74, 6) is 0. The smallest absolute Gasteiger partial charge is 0.211 e. The Labute approximate surface area is 125 Å². The molecule has 1 heterocycles. The molecule has 0 radical (unpaired) electrons. The summed E-state index contributed by atoms with van der Waals surface area (Å²) in [5, 5.41) is 0.700. The van der Waals surface area contributed by atoms with Gasteiger partial charge in [0.15, 0.2) is 0 Å². The Morgan fingerprint density at radius 2 is 1.75 bits per heavy atom. The molecule has 1 saturated heterocycles. The van der Waals surface area contributed by atoms with Gasteiger partial charge in [0.05, 0.1) is 6.26 Å². The number of hydrogen-bond acceptors (Lipinski definition) is 4. The quantitative estimate of drug-likeness (QED) is 0.896. The van der Waals surface area contributed by atoms with Crippen molar-refractivity contribution in [2.75, 3.05) is 39.0 Å². The highest BCUT2D eigenvalue weighted by atomic mass is 35.5. The highest BCUT2D eigenvalue weighted by molar-refractivity contribution is 7.88. The van der Waals surface area contributed by atoms with Crippen molar-refractivity contribution in [1.82, 2.24) is 9.21 Å². The molecule has 0 spiro atoms. The Bertz CT molecular complexity index is 539. The lowest BCUT2D eigenvalue weighted by Crippen LogP contribution is -2.50. The van der Waals surface area contributed by atoms with Gasteiger partial charge in [-0.2, -0.15) is 4.31 Å². The third-order valence-electron chi connectivity index (χ3n) is 3.66. The van der Waals surface area contributed by atoms with E-state index in [0.29, 0.717) is 37.7 Å². The molecule has 0 aliphatic carbocycles. The van der Waals surface area contributed by atoms with Crippen LogP contribution in [-0.2, 0) is 10.0 Å². The largest absolute Gasteiger partial charge is 0.329 e. The highest BCUT2D eigenvalue weighted by Crippen LogP contribution is 2.23. The van der Waals surface area contributed by atoms with E-state index in [2.05, 4.69) is 4.90 Å². The summed E-state index contributed by atoms with van der Waals surface area (Å²) in [5.41, 5.74) is 7.00. The van der Waals surface area contributed by atoms with Crippen LogP contribution in [0, 0.1) is 0 Å². The van der Waals surface area contributed by atoms with E-state index in [4.69, 9.17) is 17.3 Å². The fourth-order valence-corrected chi connectivity index (χ4v) is 3.48. The maximum Gasteiger partial charge on any atom is 0.211 e. The second-order valence-corrected chi connectivity index (χ2v) is 7.42. The van der Waals surface area contributed by atoms with Crippen molar-refractivity contribution in [3.8, 4) is 0 Å². The molecular weight excluding hydrogens is 298 g/mol. The topological polar surface area (TPSA) is 66.6 Å². The van der Waals surface area contributed by atoms with Gasteiger partial charge in [-0.05, 0) is 17.7 Å². The summed E-state index contributed by atoms with van der Waals surface area (Å²) >= 11 is 5.90. The zero-order valence-corrected chi connectivity index (χ0v) is 13.1. The van der Waals surface area contributed by atoms with Crippen LogP contribution in [0.4, 0.5) is 0 Å². The Morgan fingerprint density at radius 1 is 1.20 bits per heavy atom. The van der Waals surface area contributed by atoms with E-state index in [0.717, 1.165) is 5.56 Å². The van der Waals surface area contributed by atoms with E-state index >= 15 is 0 Å². The lowest BCUT2D eigenvalue weighted by atomic mass is 10.0. The third-order valence-corrected chi connectivity index (χ3v) is 5.22. The second kappa shape index (κ2) is 6.41. The molecule has 5 nitrogen and oxygen atoms in total. The molecule has 1 aromatic rings. The lowest BCUT2D eigenvalue weighted by molar-refractivity contribution is 0.140. The second-order valence-electron chi connectivity index (χ2n) is 5.00. The van der Waals surface area contributed by atoms with Crippen LogP contribution in [0.1, 0.15) is 11.6 Å². The average Bonchev–Trinajstić information content (AvgIpc) is 2.41. The van der Waals surface area contributed by atoms with Gasteiger partial charge >= 0.3 is 0 Å². The Morgan fingerprint density at radius 3 is 2.20 bits per heavy atom. The number of piperazine rings is 1. The van der Waals surface area contributed by atoms with Gasteiger partial charge in [0, 0.05) is 43.8 Å². The average molecular weight is 318 g/mol. The van der Waals surface area contributed by atoms with Crippen molar-refractivity contribution < 1.29 is 8.42 Å². The van der Waals surface area contributed by atoms with Crippen LogP contribution in [0.25, 0.3) is 0 Å². The van der Waals surface area contributed by atoms with Crippen molar-refractivity contribution in [3.05, 3.63) is 34.9 Å². The summed E-state index contributed by atoms with van der Waals surface area (Å²) in [7, 11) is -3.09. The van der Waals surface area contributed by atoms with Gasteiger partial charge < -0.3 is 5.73 Å². The standard InChI is InChI=1S/C13H20ClN3O2S/c1-20(18,19)17-8-6-16(7-9-17)13(10-15)11-2-4-12(14)5-3-11/h2-5,13H,6-10,15H2,1H3. The predicted molar refractivity (Wildman–Crippen MR) is 81.2 cm³/mol. The lowest BCUT2D eigenvalue weighted by Gasteiger charge is -2.38. The van der Waals surface area contributed by atoms with Crippen LogP contribution in [0.5, 0.6) is 0 Å². The molecule has 1 atom stereocenters. The maximum atomic E-state index is 11.5. The molecule has 7 heteroatoms. The van der Waals surface area contributed by atoms with Crippen LogP contribution in [0.15, 0.2) is 24.3 Å². The zero-order chi connectivity index (χ0) is 14.8. The number of halogens is 1. The van der Waals surface area contributed by atoms with Gasteiger partial charge in [-0.15, -0.1) is 0 Å². The van der Waals surface area contributed by atoms with Gasteiger partial charge in [0.25, 0.3) is 0 Å². The van der Waals surface area contributed by atoms with Crippen LogP contribution in [0.2, 0.25) is 5.02 Å². The van der Waals surface area contributed by atoms with Crippen LogP contribution < -0.4 is 5.73 Å². The summed E-state index contributed by atoms with van der Waals surface area (Å²) in [6, 6.07) is 7.76. The van der Waals surface area contributed by atoms with E-state index in [1.807, 2.05) is 24.3 Å². The molecule has 1 aliphatic rings. The first kappa shape index (κ1) is 15.7. The molecule has 2 N–H and O–H groups in total. The minimum atomic E-state index is -3.09. The number of nitrogens with two attached hydrogens (primary N) is 1. The summed E-state index contributed by atoms with van der Waals surface area (Å²) in [6.45, 7) is 2.92. The summed E-state index contributed by atoms with van der Waals surface area (Å²) in [6.07, 6.45) is 1.25. The van der Waals surface area contributed by atoms with Crippen LogP contribution in [0.3, 0.4) is 0 Å². The van der Waals surface area contributed by atoms with Gasteiger partial charge in [-0.3, -0.25) is 4.90 Å². The SMILES string of the molecule is CS(=O)(=O)N1CCN(C(CN)c2ccc(Cl)cc2)CC1. The molecule has 1 aromatic carbocycles. The van der Waals surface area contributed by atoms with E-state index in [9.17, 15) is 8.42 Å². The van der Waals surface area contributed by atoms with Gasteiger partial charge in [0.2, 0.25) is 10.0 Å². The molecule has 112 valence electrons. The van der Waals surface area contributed by atoms with Crippen LogP contribution >= 0.6 is 11.6 Å². The number of nitrogens with zero attached hydrogens (tertiary/aromatic N) is 2. The van der Waals surface area contributed by atoms with Crippen molar-refractivity contribution >= 4 is 21.6 Å². The number of rotatable bonds is 4. The molecule has 0 saturated carbocycles. The molecular formula is C13H20ClN3O2S. The predicted octanol–water partition coefficient (Wildman–Crippen LogP) is 0.917. The molecule has 0 aromatic heterocycles. The minimum Gasteiger partial charge on any atom is -0.329 e. The number of benzene rings is 1. The fraction of sp³-hybridized carbons (Fsp3) is 0.538. The van der Waals surface area contributed by atoms with Crippen molar-refractivity contribution in [1.29, 1.82) is 0 Å². The Kier molecular flexibility index (Phi) is 5.04. The van der Waals surface area contributed by atoms with Crippen LogP contribution in [-0.4, -0.2) is 56.6 Å². The Balaban J connectivity index is 2.06. The Hall–Kier alpha value is -0.660. The highest BCUT2D eigenvalue weighted by Gasteiger charge is 2.27. The molecule has 1 fully saturated rings. The number of hydrogen-bond donors (Lipinski definition) is 1. The zero-order valence-electron chi connectivity index (χ0n) is 11.5. The number of sulfonamides is 1. The van der Waals surface area contributed by atoms with E-state index < -0.39 is 10.0 Å². The summed E-state index contributed by atoms with van der Waals surface area (Å²) < 4.78 is 24.5. The first-order chi connectivity index (χ1) is 9.41. The monoisotopic (exact) mass is 317 g/mol. The van der Waals surface area contributed by atoms with Gasteiger partial charge in [-0.1, -0.05) is 23.7 Å². The molecule has 20 heavy (non-hydrogen) atoms. The molecule has 2 rings (SSSR count). The molecule has 1 aliphatic heterocycles. The summed E-state index contributed by atoms with van der Waals surface area (Å²) in [4.78, 5) is 2.23. The van der Waals surface area contributed by atoms with Crippen molar-refractivity contribution in [2.45, 2.75) is 6.04 Å². The van der Waals surface area contributed by atoms with Gasteiger partial charge in [-0.25, -0.2) is 8.42 Å². The van der Waals surface area contributed by atoms with E-state index in [-0.39, 0.29) is 6.04 Å². The minimum absolute atomic E-state index is 0.106. The normalized spacial score (nSPS) is 19.9. The van der Waals surface area contributed by atoms with E-state index in [1.54, 1.807) is 0 Å². The van der Waals surface area contributed by atoms with Crippen molar-refractivity contribution in [2.24, 2.45) is 5.73 Å².